The third-order valence-corrected chi connectivity index (χ3v) is 8.17. The fourth-order valence-electron chi connectivity index (χ4n) is 4.53. The van der Waals surface area contributed by atoms with Crippen LogP contribution in [0, 0.1) is 6.92 Å². The van der Waals surface area contributed by atoms with Crippen LogP contribution in [-0.2, 0) is 22.2 Å². The Morgan fingerprint density at radius 3 is 2.66 bits per heavy atom. The number of fused-ring (bicyclic) bond motifs is 3. The third kappa shape index (κ3) is 3.87. The summed E-state index contributed by atoms with van der Waals surface area (Å²) < 4.78 is 31.8. The number of benzene rings is 1. The fraction of sp³-hybridized carbons (Fsp3) is 0.320. The van der Waals surface area contributed by atoms with Crippen molar-refractivity contribution in [3.05, 3.63) is 65.0 Å². The number of aryl methyl sites for hydroxylation is 1. The molecule has 0 atom stereocenters. The molecule has 35 heavy (non-hydrogen) atoms. The molecule has 0 saturated carbocycles. The number of hydrogen-bond acceptors (Lipinski definition) is 7. The number of sulfonamides is 1. The number of pyridine rings is 2. The van der Waals surface area contributed by atoms with Gasteiger partial charge in [0.2, 0.25) is 10.0 Å². The molecule has 1 aromatic carbocycles. The van der Waals surface area contributed by atoms with E-state index in [0.29, 0.717) is 53.8 Å². The van der Waals surface area contributed by atoms with Crippen LogP contribution in [-0.4, -0.2) is 51.5 Å². The van der Waals surface area contributed by atoms with Crippen LogP contribution in [0.2, 0.25) is 0 Å². The summed E-state index contributed by atoms with van der Waals surface area (Å²) in [5.41, 5.74) is 4.29. The van der Waals surface area contributed by atoms with Gasteiger partial charge in [0.15, 0.2) is 5.82 Å². The van der Waals surface area contributed by atoms with E-state index in [2.05, 4.69) is 9.97 Å². The van der Waals surface area contributed by atoms with Crippen LogP contribution in [0.3, 0.4) is 0 Å². The Bertz CT molecular complexity index is 1440. The van der Waals surface area contributed by atoms with Gasteiger partial charge >= 0.3 is 0 Å². The molecule has 0 radical (unpaired) electrons. The number of nitrogens with zero attached hydrogens (tertiary/aromatic N) is 5. The zero-order valence-corrected chi connectivity index (χ0v) is 21.0. The highest BCUT2D eigenvalue weighted by Crippen LogP contribution is 2.39. The SMILES string of the molecule is CCN1c2ncc(CCOc3cccc4c3CS(=O)(=O)N4C)cc2C(=O)N(C)c2ccc(C)nc21. The Hall–Kier alpha value is -3.66. The van der Waals surface area contributed by atoms with E-state index < -0.39 is 10.0 Å². The van der Waals surface area contributed by atoms with E-state index in [-0.39, 0.29) is 11.7 Å². The highest BCUT2D eigenvalue weighted by molar-refractivity contribution is 7.92. The average molecular weight is 494 g/mol. The molecule has 0 saturated heterocycles. The predicted molar refractivity (Wildman–Crippen MR) is 135 cm³/mol. The number of ether oxygens (including phenoxy) is 1. The lowest BCUT2D eigenvalue weighted by atomic mass is 10.1. The summed E-state index contributed by atoms with van der Waals surface area (Å²) in [5.74, 6) is 1.63. The van der Waals surface area contributed by atoms with Crippen molar-refractivity contribution < 1.29 is 17.9 Å². The average Bonchev–Trinajstić information content (AvgIpc) is 3.03. The van der Waals surface area contributed by atoms with Crippen molar-refractivity contribution in [2.24, 2.45) is 0 Å². The van der Waals surface area contributed by atoms with E-state index in [9.17, 15) is 13.2 Å². The number of carbonyl (C=O) groups is 1. The second-order valence-electron chi connectivity index (χ2n) is 8.69. The standard InChI is InChI=1S/C25H27N5O4S/c1-5-30-23-18(25(31)28(3)21-10-9-16(2)27-24(21)30)13-17(14-26-23)11-12-34-22-8-6-7-20-19(22)15-35(32,33)29(20)4/h6-10,13-14H,5,11-12,15H2,1-4H3. The first-order chi connectivity index (χ1) is 16.7. The van der Waals surface area contributed by atoms with Gasteiger partial charge in [-0.15, -0.1) is 0 Å². The number of carbonyl (C=O) groups excluding carboxylic acids is 1. The molecule has 10 heteroatoms. The van der Waals surface area contributed by atoms with Crippen molar-refractivity contribution in [1.82, 2.24) is 9.97 Å². The summed E-state index contributed by atoms with van der Waals surface area (Å²) in [6, 6.07) is 11.0. The lowest BCUT2D eigenvalue weighted by Gasteiger charge is -2.23. The van der Waals surface area contributed by atoms with Crippen molar-refractivity contribution in [3.63, 3.8) is 0 Å². The van der Waals surface area contributed by atoms with Gasteiger partial charge in [-0.1, -0.05) is 6.07 Å². The number of anilines is 4. The molecule has 0 bridgehead atoms. The van der Waals surface area contributed by atoms with Gasteiger partial charge in [-0.2, -0.15) is 0 Å². The van der Waals surface area contributed by atoms with Gasteiger partial charge in [0.25, 0.3) is 5.91 Å². The van der Waals surface area contributed by atoms with Gasteiger partial charge in [0.1, 0.15) is 17.3 Å². The van der Waals surface area contributed by atoms with Gasteiger partial charge in [-0.05, 0) is 49.7 Å². The molecule has 2 aliphatic rings. The van der Waals surface area contributed by atoms with Crippen molar-refractivity contribution in [2.45, 2.75) is 26.0 Å². The van der Waals surface area contributed by atoms with Crippen molar-refractivity contribution >= 4 is 38.9 Å². The van der Waals surface area contributed by atoms with E-state index in [1.165, 1.54) is 4.31 Å². The molecule has 0 fully saturated rings. The molecule has 3 aromatic rings. The first kappa shape index (κ1) is 23.1. The van der Waals surface area contributed by atoms with Gasteiger partial charge < -0.3 is 14.5 Å². The first-order valence-corrected chi connectivity index (χ1v) is 13.1. The van der Waals surface area contributed by atoms with Crippen LogP contribution in [0.1, 0.15) is 34.1 Å². The maximum atomic E-state index is 13.4. The highest BCUT2D eigenvalue weighted by atomic mass is 32.2. The molecule has 0 aliphatic carbocycles. The molecule has 1 amide bonds. The first-order valence-electron chi connectivity index (χ1n) is 11.4. The van der Waals surface area contributed by atoms with Crippen LogP contribution in [0.15, 0.2) is 42.6 Å². The van der Waals surface area contributed by atoms with Crippen LogP contribution in [0.25, 0.3) is 0 Å². The minimum atomic E-state index is -3.35. The molecule has 0 N–H and O–H groups in total. The maximum Gasteiger partial charge on any atom is 0.261 e. The van der Waals surface area contributed by atoms with E-state index in [4.69, 9.17) is 4.74 Å². The second kappa shape index (κ2) is 8.53. The van der Waals surface area contributed by atoms with Gasteiger partial charge in [0, 0.05) is 44.5 Å². The smallest absolute Gasteiger partial charge is 0.261 e. The van der Waals surface area contributed by atoms with Crippen molar-refractivity contribution in [1.29, 1.82) is 0 Å². The predicted octanol–water partition coefficient (Wildman–Crippen LogP) is 3.43. The van der Waals surface area contributed by atoms with Gasteiger partial charge in [-0.25, -0.2) is 18.4 Å². The summed E-state index contributed by atoms with van der Waals surface area (Å²) in [6.07, 6.45) is 2.27. The summed E-state index contributed by atoms with van der Waals surface area (Å²) in [4.78, 5) is 26.3. The summed E-state index contributed by atoms with van der Waals surface area (Å²) in [5, 5.41) is 0. The Kier molecular flexibility index (Phi) is 5.63. The molecular formula is C25H27N5O4S. The summed E-state index contributed by atoms with van der Waals surface area (Å²) >= 11 is 0. The van der Waals surface area contributed by atoms with E-state index in [1.54, 1.807) is 43.4 Å². The van der Waals surface area contributed by atoms with Crippen LogP contribution < -0.4 is 18.8 Å². The molecule has 182 valence electrons. The molecular weight excluding hydrogens is 466 g/mol. The molecule has 2 aromatic heterocycles. The highest BCUT2D eigenvalue weighted by Gasteiger charge is 2.33. The Morgan fingerprint density at radius 2 is 1.89 bits per heavy atom. The number of aromatic nitrogens is 2. The number of hydrogen-bond donors (Lipinski definition) is 0. The topological polar surface area (TPSA) is 95.9 Å². The van der Waals surface area contributed by atoms with Gasteiger partial charge in [0.05, 0.1) is 23.5 Å². The monoisotopic (exact) mass is 493 g/mol. The molecule has 2 aliphatic heterocycles. The largest absolute Gasteiger partial charge is 0.493 e. The van der Waals surface area contributed by atoms with E-state index >= 15 is 0 Å². The van der Waals surface area contributed by atoms with Crippen LogP contribution in [0.4, 0.5) is 23.0 Å². The van der Waals surface area contributed by atoms with E-state index in [1.807, 2.05) is 36.9 Å². The Balaban J connectivity index is 1.39. The lowest BCUT2D eigenvalue weighted by Crippen LogP contribution is -2.25. The third-order valence-electron chi connectivity index (χ3n) is 6.48. The number of rotatable bonds is 5. The fourth-order valence-corrected chi connectivity index (χ4v) is 5.85. The van der Waals surface area contributed by atoms with Crippen LogP contribution >= 0.6 is 0 Å². The van der Waals surface area contributed by atoms with Crippen molar-refractivity contribution in [2.75, 3.05) is 41.4 Å². The quantitative estimate of drug-likeness (QED) is 0.537. The minimum absolute atomic E-state index is 0.0723. The Morgan fingerprint density at radius 1 is 1.09 bits per heavy atom. The minimum Gasteiger partial charge on any atom is -0.493 e. The van der Waals surface area contributed by atoms with Crippen LogP contribution in [0.5, 0.6) is 5.75 Å². The lowest BCUT2D eigenvalue weighted by molar-refractivity contribution is 0.0994. The molecule has 0 spiro atoms. The molecule has 0 unspecified atom stereocenters. The zero-order valence-electron chi connectivity index (χ0n) is 20.1. The van der Waals surface area contributed by atoms with Crippen molar-refractivity contribution in [3.8, 4) is 5.75 Å². The summed E-state index contributed by atoms with van der Waals surface area (Å²) in [7, 11) is -0.0521. The van der Waals surface area contributed by atoms with E-state index in [0.717, 1.165) is 16.9 Å². The number of amides is 1. The maximum absolute atomic E-state index is 13.4. The normalized spacial score (nSPS) is 16.0. The molecule has 5 rings (SSSR count). The zero-order chi connectivity index (χ0) is 24.9. The second-order valence-corrected chi connectivity index (χ2v) is 10.7. The molecule has 9 nitrogen and oxygen atoms in total. The Labute approximate surface area is 205 Å². The molecule has 4 heterocycles. The summed E-state index contributed by atoms with van der Waals surface area (Å²) in [6.45, 7) is 4.87. The van der Waals surface area contributed by atoms with Gasteiger partial charge in [-0.3, -0.25) is 9.10 Å².